The van der Waals surface area contributed by atoms with Gasteiger partial charge in [-0.25, -0.2) is 0 Å². The summed E-state index contributed by atoms with van der Waals surface area (Å²) in [5.74, 6) is 3.99. The normalized spacial score (nSPS) is 21.8. The van der Waals surface area contributed by atoms with Crippen LogP contribution in [0.2, 0.25) is 0 Å². The van der Waals surface area contributed by atoms with Crippen molar-refractivity contribution in [1.29, 1.82) is 0 Å². The maximum absolute atomic E-state index is 9.52. The van der Waals surface area contributed by atoms with Crippen molar-refractivity contribution in [3.63, 3.8) is 0 Å². The lowest BCUT2D eigenvalue weighted by atomic mass is 9.87. The molecule has 0 aliphatic heterocycles. The summed E-state index contributed by atoms with van der Waals surface area (Å²) in [7, 11) is 0. The molecule has 1 fully saturated rings. The van der Waals surface area contributed by atoms with Crippen molar-refractivity contribution in [1.82, 2.24) is 5.32 Å². The zero-order valence-electron chi connectivity index (χ0n) is 12.1. The van der Waals surface area contributed by atoms with Gasteiger partial charge in [0.25, 0.3) is 0 Å². The number of hydrogen-bond acceptors (Lipinski definition) is 3. The molecule has 0 bridgehead atoms. The fourth-order valence-electron chi connectivity index (χ4n) is 2.71. The van der Waals surface area contributed by atoms with Crippen LogP contribution in [-0.2, 0) is 6.54 Å². The smallest absolute Gasteiger partial charge is 0.148 e. The Hall–Kier alpha value is -1.02. The summed E-state index contributed by atoms with van der Waals surface area (Å²) >= 11 is 3.49. The summed E-state index contributed by atoms with van der Waals surface area (Å²) in [6.45, 7) is 2.03. The SMILES string of the molecule is C#CCOc1ccc(Br)cc1CNCC1CCC(O)CC1. The van der Waals surface area contributed by atoms with Gasteiger partial charge in [-0.1, -0.05) is 21.9 Å². The van der Waals surface area contributed by atoms with Crippen LogP contribution < -0.4 is 10.1 Å². The van der Waals surface area contributed by atoms with Crippen LogP contribution in [0.1, 0.15) is 31.2 Å². The van der Waals surface area contributed by atoms with Crippen molar-refractivity contribution in [2.45, 2.75) is 38.3 Å². The molecule has 1 aromatic carbocycles. The van der Waals surface area contributed by atoms with Gasteiger partial charge in [0.05, 0.1) is 6.10 Å². The molecule has 21 heavy (non-hydrogen) atoms. The molecule has 3 nitrogen and oxygen atoms in total. The first-order valence-electron chi connectivity index (χ1n) is 7.42. The molecule has 114 valence electrons. The van der Waals surface area contributed by atoms with Gasteiger partial charge in [-0.2, -0.15) is 0 Å². The van der Waals surface area contributed by atoms with E-state index in [1.54, 1.807) is 0 Å². The van der Waals surface area contributed by atoms with Crippen molar-refractivity contribution in [2.24, 2.45) is 5.92 Å². The van der Waals surface area contributed by atoms with E-state index in [2.05, 4.69) is 33.2 Å². The number of terminal acetylenes is 1. The van der Waals surface area contributed by atoms with Gasteiger partial charge in [-0.15, -0.1) is 6.42 Å². The molecule has 0 unspecified atom stereocenters. The summed E-state index contributed by atoms with van der Waals surface area (Å²) in [5, 5.41) is 13.0. The van der Waals surface area contributed by atoms with E-state index in [-0.39, 0.29) is 12.7 Å². The molecule has 1 aliphatic rings. The number of ether oxygens (including phenoxy) is 1. The van der Waals surface area contributed by atoms with Crippen LogP contribution in [0.5, 0.6) is 5.75 Å². The minimum Gasteiger partial charge on any atom is -0.481 e. The van der Waals surface area contributed by atoms with Crippen molar-refractivity contribution in [3.8, 4) is 18.1 Å². The van der Waals surface area contributed by atoms with E-state index in [0.29, 0.717) is 5.92 Å². The van der Waals surface area contributed by atoms with Crippen molar-refractivity contribution in [2.75, 3.05) is 13.2 Å². The average molecular weight is 352 g/mol. The third-order valence-corrected chi connectivity index (χ3v) is 4.39. The Morgan fingerprint density at radius 1 is 1.33 bits per heavy atom. The summed E-state index contributed by atoms with van der Waals surface area (Å²) in [4.78, 5) is 0. The van der Waals surface area contributed by atoms with Gasteiger partial charge >= 0.3 is 0 Å². The summed E-state index contributed by atoms with van der Waals surface area (Å²) in [6.07, 6.45) is 9.23. The molecule has 2 rings (SSSR count). The number of rotatable bonds is 6. The third kappa shape index (κ3) is 5.35. The number of aliphatic hydroxyl groups excluding tert-OH is 1. The predicted molar refractivity (Wildman–Crippen MR) is 88.1 cm³/mol. The highest BCUT2D eigenvalue weighted by atomic mass is 79.9. The van der Waals surface area contributed by atoms with Crippen LogP contribution in [-0.4, -0.2) is 24.4 Å². The van der Waals surface area contributed by atoms with E-state index >= 15 is 0 Å². The van der Waals surface area contributed by atoms with Crippen LogP contribution in [0, 0.1) is 18.3 Å². The first kappa shape index (κ1) is 16.4. The topological polar surface area (TPSA) is 41.5 Å². The Bertz CT molecular complexity index is 490. The van der Waals surface area contributed by atoms with Crippen LogP contribution >= 0.6 is 15.9 Å². The van der Waals surface area contributed by atoms with E-state index < -0.39 is 0 Å². The zero-order chi connectivity index (χ0) is 15.1. The average Bonchev–Trinajstić information content (AvgIpc) is 2.48. The molecule has 0 spiro atoms. The van der Waals surface area contributed by atoms with E-state index in [1.807, 2.05) is 12.1 Å². The molecule has 0 aromatic heterocycles. The van der Waals surface area contributed by atoms with E-state index in [1.165, 1.54) is 0 Å². The van der Waals surface area contributed by atoms with Crippen molar-refractivity contribution >= 4 is 15.9 Å². The van der Waals surface area contributed by atoms with Crippen LogP contribution in [0.25, 0.3) is 0 Å². The zero-order valence-corrected chi connectivity index (χ0v) is 13.7. The molecule has 0 amide bonds. The fourth-order valence-corrected chi connectivity index (χ4v) is 3.11. The lowest BCUT2D eigenvalue weighted by molar-refractivity contribution is 0.108. The van der Waals surface area contributed by atoms with E-state index in [4.69, 9.17) is 11.2 Å². The maximum atomic E-state index is 9.52. The quantitative estimate of drug-likeness (QED) is 0.773. The second kappa shape index (κ2) is 8.43. The Balaban J connectivity index is 1.84. The molecule has 0 heterocycles. The Labute approximate surface area is 135 Å². The molecule has 2 N–H and O–H groups in total. The molecular formula is C17H22BrNO2. The fraction of sp³-hybridized carbons (Fsp3) is 0.529. The molecule has 1 aliphatic carbocycles. The molecular weight excluding hydrogens is 330 g/mol. The van der Waals surface area contributed by atoms with E-state index in [9.17, 15) is 5.11 Å². The molecule has 1 saturated carbocycles. The van der Waals surface area contributed by atoms with Crippen molar-refractivity contribution < 1.29 is 9.84 Å². The molecule has 0 saturated heterocycles. The second-order valence-corrected chi connectivity index (χ2v) is 6.47. The van der Waals surface area contributed by atoms with Gasteiger partial charge in [-0.3, -0.25) is 0 Å². The highest BCUT2D eigenvalue weighted by Gasteiger charge is 2.18. The minimum atomic E-state index is -0.0879. The lowest BCUT2D eigenvalue weighted by Crippen LogP contribution is -2.27. The number of aliphatic hydroxyl groups is 1. The summed E-state index contributed by atoms with van der Waals surface area (Å²) < 4.78 is 6.60. The molecule has 4 heteroatoms. The standard InChI is InChI=1S/C17H22BrNO2/c1-2-9-21-17-8-5-15(18)10-14(17)12-19-11-13-3-6-16(20)7-4-13/h1,5,8,10,13,16,19-20H,3-4,6-7,9,11-12H2. The number of nitrogens with one attached hydrogen (secondary N) is 1. The van der Waals surface area contributed by atoms with Gasteiger partial charge in [0.15, 0.2) is 0 Å². The summed E-state index contributed by atoms with van der Waals surface area (Å²) in [6, 6.07) is 5.96. The number of halogens is 1. The molecule has 0 radical (unpaired) electrons. The van der Waals surface area contributed by atoms with Crippen LogP contribution in [0.4, 0.5) is 0 Å². The van der Waals surface area contributed by atoms with Gasteiger partial charge in [0.1, 0.15) is 12.4 Å². The Morgan fingerprint density at radius 2 is 2.10 bits per heavy atom. The highest BCUT2D eigenvalue weighted by molar-refractivity contribution is 9.10. The van der Waals surface area contributed by atoms with Gasteiger partial charge in [-0.05, 0) is 56.3 Å². The first-order chi connectivity index (χ1) is 10.2. The lowest BCUT2D eigenvalue weighted by Gasteiger charge is -2.25. The first-order valence-corrected chi connectivity index (χ1v) is 8.22. The van der Waals surface area contributed by atoms with Gasteiger partial charge in [0.2, 0.25) is 0 Å². The predicted octanol–water partition coefficient (Wildman–Crippen LogP) is 3.10. The largest absolute Gasteiger partial charge is 0.481 e. The van der Waals surface area contributed by atoms with Gasteiger partial charge in [0, 0.05) is 16.6 Å². The minimum absolute atomic E-state index is 0.0879. The highest BCUT2D eigenvalue weighted by Crippen LogP contribution is 2.25. The number of benzene rings is 1. The maximum Gasteiger partial charge on any atom is 0.148 e. The van der Waals surface area contributed by atoms with Gasteiger partial charge < -0.3 is 15.2 Å². The Morgan fingerprint density at radius 3 is 2.81 bits per heavy atom. The monoisotopic (exact) mass is 351 g/mol. The van der Waals surface area contributed by atoms with Crippen LogP contribution in [0.15, 0.2) is 22.7 Å². The van der Waals surface area contributed by atoms with Crippen molar-refractivity contribution in [3.05, 3.63) is 28.2 Å². The third-order valence-electron chi connectivity index (χ3n) is 3.90. The number of hydrogen-bond donors (Lipinski definition) is 2. The Kier molecular flexibility index (Phi) is 6.56. The molecule has 0 atom stereocenters. The molecule has 1 aromatic rings. The second-order valence-electron chi connectivity index (χ2n) is 5.55. The van der Waals surface area contributed by atoms with E-state index in [0.717, 1.165) is 54.6 Å². The summed E-state index contributed by atoms with van der Waals surface area (Å²) in [5.41, 5.74) is 1.11. The van der Waals surface area contributed by atoms with Crippen LogP contribution in [0.3, 0.4) is 0 Å².